The van der Waals surface area contributed by atoms with Crippen molar-refractivity contribution in [3.63, 3.8) is 0 Å². The minimum atomic E-state index is -0.194. The van der Waals surface area contributed by atoms with E-state index >= 15 is 0 Å². The molecule has 0 amide bonds. The number of hydrogen-bond donors (Lipinski definition) is 0. The lowest BCUT2D eigenvalue weighted by Gasteiger charge is -2.23. The van der Waals surface area contributed by atoms with Crippen LogP contribution in [0.2, 0.25) is 0 Å². The highest BCUT2D eigenvalue weighted by Gasteiger charge is 2.24. The highest BCUT2D eigenvalue weighted by atomic mass is 16.5. The molecule has 0 aromatic heterocycles. The Bertz CT molecular complexity index is 459. The van der Waals surface area contributed by atoms with Crippen LogP contribution in [0.3, 0.4) is 0 Å². The van der Waals surface area contributed by atoms with E-state index in [1.807, 2.05) is 25.1 Å². The first-order chi connectivity index (χ1) is 9.60. The summed E-state index contributed by atoms with van der Waals surface area (Å²) in [6.07, 6.45) is 3.55. The van der Waals surface area contributed by atoms with Crippen LogP contribution < -0.4 is 9.47 Å². The second-order valence-corrected chi connectivity index (χ2v) is 5.21. The van der Waals surface area contributed by atoms with Gasteiger partial charge in [-0.2, -0.15) is 5.26 Å². The summed E-state index contributed by atoms with van der Waals surface area (Å²) in [5, 5.41) is 9.29. The van der Waals surface area contributed by atoms with Crippen molar-refractivity contribution in [1.29, 1.82) is 5.26 Å². The van der Waals surface area contributed by atoms with Crippen LogP contribution in [0.25, 0.3) is 0 Å². The number of ether oxygens (including phenoxy) is 2. The third-order valence-corrected chi connectivity index (χ3v) is 3.97. The standard InChI is InChI=1S/C17H25NO2/c1-5-17(6-2,13-18)10-7-11-20-15-9-8-14(3)12-16(15)19-4/h8-9,12H,5-7,10-11H2,1-4H3. The van der Waals surface area contributed by atoms with Gasteiger partial charge in [-0.3, -0.25) is 0 Å². The number of rotatable bonds is 8. The maximum absolute atomic E-state index is 9.29. The van der Waals surface area contributed by atoms with E-state index < -0.39 is 0 Å². The fraction of sp³-hybridized carbons (Fsp3) is 0.588. The second-order valence-electron chi connectivity index (χ2n) is 5.21. The Labute approximate surface area is 122 Å². The molecular formula is C17H25NO2. The summed E-state index contributed by atoms with van der Waals surface area (Å²) in [4.78, 5) is 0. The molecule has 0 saturated heterocycles. The number of methoxy groups -OCH3 is 1. The molecule has 1 aromatic carbocycles. The fourth-order valence-electron chi connectivity index (χ4n) is 2.30. The molecule has 0 saturated carbocycles. The minimum absolute atomic E-state index is 0.194. The first-order valence-corrected chi connectivity index (χ1v) is 7.29. The molecule has 110 valence electrons. The molecule has 0 atom stereocenters. The third-order valence-electron chi connectivity index (χ3n) is 3.97. The van der Waals surface area contributed by atoms with Gasteiger partial charge in [0.1, 0.15) is 0 Å². The van der Waals surface area contributed by atoms with E-state index in [0.717, 1.165) is 42.7 Å². The Morgan fingerprint density at radius 1 is 1.20 bits per heavy atom. The summed E-state index contributed by atoms with van der Waals surface area (Å²) in [6, 6.07) is 8.37. The van der Waals surface area contributed by atoms with Gasteiger partial charge in [0, 0.05) is 0 Å². The topological polar surface area (TPSA) is 42.2 Å². The maximum atomic E-state index is 9.29. The van der Waals surface area contributed by atoms with Crippen LogP contribution in [0.5, 0.6) is 11.5 Å². The van der Waals surface area contributed by atoms with Crippen molar-refractivity contribution >= 4 is 0 Å². The van der Waals surface area contributed by atoms with Crippen LogP contribution in [0.4, 0.5) is 0 Å². The van der Waals surface area contributed by atoms with Crippen LogP contribution in [0, 0.1) is 23.7 Å². The van der Waals surface area contributed by atoms with Crippen LogP contribution in [-0.4, -0.2) is 13.7 Å². The van der Waals surface area contributed by atoms with Gasteiger partial charge in [-0.1, -0.05) is 19.9 Å². The molecule has 0 bridgehead atoms. The fourth-order valence-corrected chi connectivity index (χ4v) is 2.30. The Balaban J connectivity index is 2.51. The molecule has 3 heteroatoms. The van der Waals surface area contributed by atoms with E-state index in [9.17, 15) is 5.26 Å². The van der Waals surface area contributed by atoms with Gasteiger partial charge in [-0.25, -0.2) is 0 Å². The van der Waals surface area contributed by atoms with E-state index in [4.69, 9.17) is 9.47 Å². The summed E-state index contributed by atoms with van der Waals surface area (Å²) in [7, 11) is 1.65. The van der Waals surface area contributed by atoms with Crippen molar-refractivity contribution in [2.24, 2.45) is 5.41 Å². The van der Waals surface area contributed by atoms with Crippen molar-refractivity contribution in [2.45, 2.75) is 46.5 Å². The lowest BCUT2D eigenvalue weighted by Crippen LogP contribution is -2.17. The molecule has 3 nitrogen and oxygen atoms in total. The SMILES string of the molecule is CCC(C#N)(CC)CCCOc1ccc(C)cc1OC. The molecule has 0 radical (unpaired) electrons. The summed E-state index contributed by atoms with van der Waals surface area (Å²) in [5.41, 5.74) is 0.954. The molecule has 0 aliphatic carbocycles. The summed E-state index contributed by atoms with van der Waals surface area (Å²) >= 11 is 0. The lowest BCUT2D eigenvalue weighted by atomic mass is 9.80. The van der Waals surface area contributed by atoms with E-state index in [-0.39, 0.29) is 5.41 Å². The summed E-state index contributed by atoms with van der Waals surface area (Å²) in [5.74, 6) is 1.54. The van der Waals surface area contributed by atoms with Gasteiger partial charge in [-0.15, -0.1) is 0 Å². The van der Waals surface area contributed by atoms with Crippen molar-refractivity contribution in [2.75, 3.05) is 13.7 Å². The third kappa shape index (κ3) is 4.16. The molecule has 0 spiro atoms. The van der Waals surface area contributed by atoms with Crippen LogP contribution >= 0.6 is 0 Å². The van der Waals surface area contributed by atoms with Crippen molar-refractivity contribution in [3.8, 4) is 17.6 Å². The quantitative estimate of drug-likeness (QED) is 0.656. The first kappa shape index (κ1) is 16.4. The molecule has 0 unspecified atom stereocenters. The Morgan fingerprint density at radius 2 is 1.90 bits per heavy atom. The highest BCUT2D eigenvalue weighted by Crippen LogP contribution is 2.32. The van der Waals surface area contributed by atoms with Crippen LogP contribution in [0.15, 0.2) is 18.2 Å². The van der Waals surface area contributed by atoms with Gasteiger partial charge in [0.15, 0.2) is 11.5 Å². The Morgan fingerprint density at radius 3 is 2.45 bits per heavy atom. The van der Waals surface area contributed by atoms with Gasteiger partial charge < -0.3 is 9.47 Å². The molecular weight excluding hydrogens is 250 g/mol. The van der Waals surface area contributed by atoms with Gasteiger partial charge in [0.25, 0.3) is 0 Å². The van der Waals surface area contributed by atoms with Gasteiger partial charge in [0.05, 0.1) is 25.2 Å². The number of benzene rings is 1. The molecule has 0 aliphatic rings. The van der Waals surface area contributed by atoms with Crippen LogP contribution in [-0.2, 0) is 0 Å². The van der Waals surface area contributed by atoms with Crippen molar-refractivity contribution in [3.05, 3.63) is 23.8 Å². The zero-order chi connectivity index (χ0) is 15.0. The molecule has 0 fully saturated rings. The molecule has 0 heterocycles. The van der Waals surface area contributed by atoms with E-state index in [0.29, 0.717) is 6.61 Å². The summed E-state index contributed by atoms with van der Waals surface area (Å²) in [6.45, 7) is 6.80. The number of aryl methyl sites for hydroxylation is 1. The summed E-state index contributed by atoms with van der Waals surface area (Å²) < 4.78 is 11.1. The second kappa shape index (κ2) is 7.79. The first-order valence-electron chi connectivity index (χ1n) is 7.29. The van der Waals surface area contributed by atoms with Gasteiger partial charge in [-0.05, 0) is 50.3 Å². The Hall–Kier alpha value is -1.69. The van der Waals surface area contributed by atoms with Gasteiger partial charge in [0.2, 0.25) is 0 Å². The number of hydrogen-bond acceptors (Lipinski definition) is 3. The van der Waals surface area contributed by atoms with Gasteiger partial charge >= 0.3 is 0 Å². The van der Waals surface area contributed by atoms with E-state index in [2.05, 4.69) is 19.9 Å². The highest BCUT2D eigenvalue weighted by molar-refractivity contribution is 5.42. The molecule has 1 rings (SSSR count). The van der Waals surface area contributed by atoms with Crippen molar-refractivity contribution < 1.29 is 9.47 Å². The maximum Gasteiger partial charge on any atom is 0.161 e. The molecule has 0 aliphatic heterocycles. The number of nitrogens with zero attached hydrogens (tertiary/aromatic N) is 1. The predicted octanol–water partition coefficient (Wildman–Crippen LogP) is 4.49. The Kier molecular flexibility index (Phi) is 6.38. The van der Waals surface area contributed by atoms with E-state index in [1.165, 1.54) is 0 Å². The number of nitriles is 1. The largest absolute Gasteiger partial charge is 0.493 e. The van der Waals surface area contributed by atoms with E-state index in [1.54, 1.807) is 7.11 Å². The average molecular weight is 275 g/mol. The average Bonchev–Trinajstić information content (AvgIpc) is 2.49. The molecule has 0 N–H and O–H groups in total. The monoisotopic (exact) mass is 275 g/mol. The zero-order valence-corrected chi connectivity index (χ0v) is 13.0. The minimum Gasteiger partial charge on any atom is -0.493 e. The normalized spacial score (nSPS) is 10.9. The molecule has 1 aromatic rings. The zero-order valence-electron chi connectivity index (χ0n) is 13.0. The smallest absolute Gasteiger partial charge is 0.161 e. The molecule has 20 heavy (non-hydrogen) atoms. The predicted molar refractivity (Wildman–Crippen MR) is 81.1 cm³/mol. The van der Waals surface area contributed by atoms with Crippen LogP contribution in [0.1, 0.15) is 45.1 Å². The lowest BCUT2D eigenvalue weighted by molar-refractivity contribution is 0.250. The van der Waals surface area contributed by atoms with Crippen molar-refractivity contribution in [1.82, 2.24) is 0 Å².